The highest BCUT2D eigenvalue weighted by Gasteiger charge is 2.16. The summed E-state index contributed by atoms with van der Waals surface area (Å²) in [6, 6.07) is 11.7. The van der Waals surface area contributed by atoms with Crippen molar-refractivity contribution < 1.29 is 13.0 Å². The van der Waals surface area contributed by atoms with E-state index >= 15 is 0 Å². The van der Waals surface area contributed by atoms with E-state index in [-0.39, 0.29) is 4.90 Å². The van der Waals surface area contributed by atoms with Gasteiger partial charge in [-0.2, -0.15) is 13.4 Å². The quantitative estimate of drug-likeness (QED) is 0.318. The Morgan fingerprint density at radius 2 is 1.61 bits per heavy atom. The van der Waals surface area contributed by atoms with Crippen molar-refractivity contribution in [2.75, 3.05) is 16.2 Å². The summed E-state index contributed by atoms with van der Waals surface area (Å²) in [5.41, 5.74) is 8.31. The van der Waals surface area contributed by atoms with Gasteiger partial charge < -0.3 is 5.32 Å². The zero-order valence-electron chi connectivity index (χ0n) is 16.8. The largest absolute Gasteiger partial charge is 0.351 e. The summed E-state index contributed by atoms with van der Waals surface area (Å²) in [5, 5.41) is 3.45. The first-order chi connectivity index (χ1) is 15.0. The standard InChI is InChI=1S/C21H24N6O3S/c28-31(29,30)18-8-6-17(7-9-18)26-27-20-14-19(15-10-12-22-13-11-15)24-21(25-20)23-16-4-2-1-3-5-16/h6-14,16,26H,1-5H2,(H,28,29,30)(H2,23,24,25,27). The van der Waals surface area contributed by atoms with E-state index in [4.69, 9.17) is 4.55 Å². The summed E-state index contributed by atoms with van der Waals surface area (Å²) >= 11 is 0. The monoisotopic (exact) mass is 440 g/mol. The lowest BCUT2D eigenvalue weighted by atomic mass is 9.96. The van der Waals surface area contributed by atoms with E-state index < -0.39 is 10.1 Å². The molecule has 162 valence electrons. The van der Waals surface area contributed by atoms with Gasteiger partial charge in [-0.05, 0) is 49.2 Å². The molecule has 0 unspecified atom stereocenters. The predicted octanol–water partition coefficient (Wildman–Crippen LogP) is 3.97. The van der Waals surface area contributed by atoms with Crippen molar-refractivity contribution in [1.82, 2.24) is 15.0 Å². The lowest BCUT2D eigenvalue weighted by Crippen LogP contribution is -2.24. The summed E-state index contributed by atoms with van der Waals surface area (Å²) < 4.78 is 31.5. The average Bonchev–Trinajstić information content (AvgIpc) is 2.78. The number of aromatic nitrogens is 3. The minimum Gasteiger partial charge on any atom is -0.351 e. The highest BCUT2D eigenvalue weighted by molar-refractivity contribution is 7.85. The number of rotatable bonds is 7. The Bertz CT molecular complexity index is 1120. The van der Waals surface area contributed by atoms with Crippen LogP contribution in [0.15, 0.2) is 59.8 Å². The molecule has 1 aromatic carbocycles. The summed E-state index contributed by atoms with van der Waals surface area (Å²) in [6.45, 7) is 0. The SMILES string of the molecule is O=S(=O)(O)c1ccc(NNc2cc(-c3ccncc3)nc(NC3CCCCC3)n2)cc1. The molecule has 31 heavy (non-hydrogen) atoms. The topological polar surface area (TPSA) is 129 Å². The molecule has 3 aromatic rings. The van der Waals surface area contributed by atoms with Crippen molar-refractivity contribution in [2.24, 2.45) is 0 Å². The van der Waals surface area contributed by atoms with Crippen LogP contribution in [0.4, 0.5) is 17.5 Å². The second-order valence-electron chi connectivity index (χ2n) is 7.43. The van der Waals surface area contributed by atoms with Crippen LogP contribution >= 0.6 is 0 Å². The fourth-order valence-electron chi connectivity index (χ4n) is 3.52. The molecule has 4 rings (SSSR count). The Hall–Kier alpha value is -3.24. The van der Waals surface area contributed by atoms with Gasteiger partial charge in [0, 0.05) is 30.1 Å². The van der Waals surface area contributed by atoms with Crippen LogP contribution < -0.4 is 16.2 Å². The molecule has 0 atom stereocenters. The smallest absolute Gasteiger partial charge is 0.294 e. The third-order valence-electron chi connectivity index (χ3n) is 5.13. The first kappa shape index (κ1) is 21.0. The lowest BCUT2D eigenvalue weighted by molar-refractivity contribution is 0.461. The minimum absolute atomic E-state index is 0.168. The zero-order valence-corrected chi connectivity index (χ0v) is 17.6. The van der Waals surface area contributed by atoms with Crippen molar-refractivity contribution in [1.29, 1.82) is 0 Å². The molecular formula is C21H24N6O3S. The number of pyridine rings is 1. The van der Waals surface area contributed by atoms with Gasteiger partial charge in [0.1, 0.15) is 0 Å². The Morgan fingerprint density at radius 3 is 2.29 bits per heavy atom. The van der Waals surface area contributed by atoms with Crippen LogP contribution in [0, 0.1) is 0 Å². The maximum Gasteiger partial charge on any atom is 0.294 e. The van der Waals surface area contributed by atoms with Crippen molar-refractivity contribution in [3.8, 4) is 11.3 Å². The first-order valence-electron chi connectivity index (χ1n) is 10.1. The molecule has 2 heterocycles. The molecule has 0 aliphatic heterocycles. The summed E-state index contributed by atoms with van der Waals surface area (Å²) in [7, 11) is -4.22. The molecule has 0 saturated heterocycles. The van der Waals surface area contributed by atoms with Gasteiger partial charge in [-0.15, -0.1) is 0 Å². The van der Waals surface area contributed by atoms with Crippen LogP contribution in [-0.4, -0.2) is 34.0 Å². The molecule has 0 spiro atoms. The Labute approximate surface area is 181 Å². The van der Waals surface area contributed by atoms with Crippen LogP contribution in [-0.2, 0) is 10.1 Å². The number of hydrogen-bond donors (Lipinski definition) is 4. The van der Waals surface area contributed by atoms with E-state index in [0.29, 0.717) is 23.5 Å². The van der Waals surface area contributed by atoms with Gasteiger partial charge in [-0.1, -0.05) is 19.3 Å². The Kier molecular flexibility index (Phi) is 6.28. The molecule has 2 aromatic heterocycles. The molecule has 9 nitrogen and oxygen atoms in total. The number of benzene rings is 1. The van der Waals surface area contributed by atoms with Gasteiger partial charge in [-0.3, -0.25) is 20.4 Å². The van der Waals surface area contributed by atoms with E-state index in [1.165, 1.54) is 31.4 Å². The van der Waals surface area contributed by atoms with Crippen LogP contribution in [0.1, 0.15) is 32.1 Å². The number of anilines is 3. The van der Waals surface area contributed by atoms with Gasteiger partial charge in [0.2, 0.25) is 5.95 Å². The number of nitrogens with zero attached hydrogens (tertiary/aromatic N) is 3. The zero-order chi connectivity index (χ0) is 21.7. The number of nitrogens with one attached hydrogen (secondary N) is 3. The summed E-state index contributed by atoms with van der Waals surface area (Å²) in [4.78, 5) is 13.2. The summed E-state index contributed by atoms with van der Waals surface area (Å²) in [6.07, 6.45) is 9.31. The van der Waals surface area contributed by atoms with Crippen molar-refractivity contribution in [3.63, 3.8) is 0 Å². The van der Waals surface area contributed by atoms with E-state index in [0.717, 1.165) is 24.1 Å². The normalized spacial score (nSPS) is 14.7. The molecule has 1 aliphatic carbocycles. The van der Waals surface area contributed by atoms with Crippen molar-refractivity contribution in [2.45, 2.75) is 43.0 Å². The number of hydrogen-bond acceptors (Lipinski definition) is 8. The van der Waals surface area contributed by atoms with Crippen LogP contribution in [0.3, 0.4) is 0 Å². The fraction of sp³-hybridized carbons (Fsp3) is 0.286. The molecule has 10 heteroatoms. The van der Waals surface area contributed by atoms with Gasteiger partial charge in [0.25, 0.3) is 10.1 Å². The fourth-order valence-corrected chi connectivity index (χ4v) is 4.00. The van der Waals surface area contributed by atoms with Gasteiger partial charge >= 0.3 is 0 Å². The molecule has 1 aliphatic rings. The number of hydrazine groups is 1. The van der Waals surface area contributed by atoms with E-state index in [1.807, 2.05) is 18.2 Å². The second-order valence-corrected chi connectivity index (χ2v) is 8.85. The molecule has 1 fully saturated rings. The van der Waals surface area contributed by atoms with E-state index in [9.17, 15) is 8.42 Å². The average molecular weight is 441 g/mol. The van der Waals surface area contributed by atoms with Crippen molar-refractivity contribution in [3.05, 3.63) is 54.9 Å². The maximum absolute atomic E-state index is 11.2. The molecule has 0 bridgehead atoms. The lowest BCUT2D eigenvalue weighted by Gasteiger charge is -2.23. The molecular weight excluding hydrogens is 416 g/mol. The third-order valence-corrected chi connectivity index (χ3v) is 6.00. The molecule has 4 N–H and O–H groups in total. The van der Waals surface area contributed by atoms with Crippen LogP contribution in [0.25, 0.3) is 11.3 Å². The Balaban J connectivity index is 1.54. The first-order valence-corrected chi connectivity index (χ1v) is 11.6. The Morgan fingerprint density at radius 1 is 0.903 bits per heavy atom. The van der Waals surface area contributed by atoms with E-state index in [2.05, 4.69) is 31.1 Å². The highest BCUT2D eigenvalue weighted by atomic mass is 32.2. The van der Waals surface area contributed by atoms with Crippen LogP contribution in [0.2, 0.25) is 0 Å². The van der Waals surface area contributed by atoms with E-state index in [1.54, 1.807) is 24.5 Å². The van der Waals surface area contributed by atoms with Gasteiger partial charge in [0.15, 0.2) is 5.82 Å². The van der Waals surface area contributed by atoms with Gasteiger partial charge in [-0.25, -0.2) is 4.98 Å². The van der Waals surface area contributed by atoms with Crippen LogP contribution in [0.5, 0.6) is 0 Å². The van der Waals surface area contributed by atoms with Gasteiger partial charge in [0.05, 0.1) is 16.3 Å². The van der Waals surface area contributed by atoms with Crippen molar-refractivity contribution >= 4 is 27.6 Å². The predicted molar refractivity (Wildman–Crippen MR) is 119 cm³/mol. The maximum atomic E-state index is 11.2. The third kappa shape index (κ3) is 5.68. The molecule has 0 radical (unpaired) electrons. The molecule has 0 amide bonds. The summed E-state index contributed by atoms with van der Waals surface area (Å²) in [5.74, 6) is 1.10. The molecule has 1 saturated carbocycles. The second kappa shape index (κ2) is 9.27. The minimum atomic E-state index is -4.22. The highest BCUT2D eigenvalue weighted by Crippen LogP contribution is 2.24.